The lowest BCUT2D eigenvalue weighted by Crippen LogP contribution is -2.41. The van der Waals surface area contributed by atoms with Crippen molar-refractivity contribution in [3.8, 4) is 11.4 Å². The third kappa shape index (κ3) is 5.37. The molecule has 2 aromatic heterocycles. The third-order valence-electron chi connectivity index (χ3n) is 5.14. The van der Waals surface area contributed by atoms with Gasteiger partial charge in [-0.3, -0.25) is 14.7 Å². The molecule has 1 unspecified atom stereocenters. The van der Waals surface area contributed by atoms with E-state index in [9.17, 15) is 9.59 Å². The lowest BCUT2D eigenvalue weighted by molar-refractivity contribution is -0.119. The van der Waals surface area contributed by atoms with Gasteiger partial charge < -0.3 is 9.73 Å². The highest BCUT2D eigenvalue weighted by atomic mass is 32.2. The van der Waals surface area contributed by atoms with Crippen LogP contribution in [0.2, 0.25) is 0 Å². The second-order valence-electron chi connectivity index (χ2n) is 7.53. The van der Waals surface area contributed by atoms with Gasteiger partial charge in [-0.05, 0) is 31.0 Å². The van der Waals surface area contributed by atoms with Gasteiger partial charge in [-0.25, -0.2) is 4.79 Å². The van der Waals surface area contributed by atoms with Crippen LogP contribution in [0.3, 0.4) is 0 Å². The number of nitrogens with zero attached hydrogens (tertiary/aromatic N) is 3. The summed E-state index contributed by atoms with van der Waals surface area (Å²) in [6.45, 7) is 4.59. The largest absolute Gasteiger partial charge is 0.469 e. The number of hydrogen-bond donors (Lipinski definition) is 2. The van der Waals surface area contributed by atoms with E-state index in [4.69, 9.17) is 4.42 Å². The number of hydrogen-bond acceptors (Lipinski definition) is 6. The summed E-state index contributed by atoms with van der Waals surface area (Å²) < 4.78 is 7.46. The number of carbonyl (C=O) groups is 2. The molecule has 4 aromatic rings. The van der Waals surface area contributed by atoms with E-state index in [1.54, 1.807) is 13.2 Å². The smallest absolute Gasteiger partial charge is 0.321 e. The number of furan rings is 1. The van der Waals surface area contributed by atoms with Crippen molar-refractivity contribution >= 4 is 23.7 Å². The number of amides is 3. The Balaban J connectivity index is 1.72. The van der Waals surface area contributed by atoms with Crippen molar-refractivity contribution in [1.82, 2.24) is 25.4 Å². The number of urea groups is 1. The van der Waals surface area contributed by atoms with Crippen molar-refractivity contribution in [2.75, 3.05) is 6.54 Å². The van der Waals surface area contributed by atoms with Crippen LogP contribution in [0.1, 0.15) is 29.1 Å². The minimum Gasteiger partial charge on any atom is -0.469 e. The van der Waals surface area contributed by atoms with Gasteiger partial charge in [0.2, 0.25) is 5.91 Å². The number of aryl methyl sites for hydroxylation is 1. The van der Waals surface area contributed by atoms with Gasteiger partial charge in [0.15, 0.2) is 11.0 Å². The zero-order valence-electron chi connectivity index (χ0n) is 18.9. The van der Waals surface area contributed by atoms with Crippen molar-refractivity contribution in [2.24, 2.45) is 0 Å². The number of imide groups is 1. The Morgan fingerprint density at radius 2 is 1.74 bits per heavy atom. The monoisotopic (exact) mass is 475 g/mol. The van der Waals surface area contributed by atoms with Crippen LogP contribution >= 0.6 is 11.8 Å². The first kappa shape index (κ1) is 23.3. The standard InChI is InChI=1S/C25H25N5O3S/c1-3-26-24(32)27-23(31)21(19-12-8-5-9-13-19)34-25-29-28-22(20-14-15-33-17(20)2)30(25)16-18-10-6-4-7-11-18/h4-15,21H,3,16H2,1-2H3,(H2,26,27,31,32). The van der Waals surface area contributed by atoms with Crippen molar-refractivity contribution in [3.63, 3.8) is 0 Å². The molecule has 9 heteroatoms. The molecule has 2 heterocycles. The van der Waals surface area contributed by atoms with Crippen LogP contribution < -0.4 is 10.6 Å². The van der Waals surface area contributed by atoms with Gasteiger partial charge in [-0.1, -0.05) is 72.4 Å². The lowest BCUT2D eigenvalue weighted by Gasteiger charge is -2.17. The summed E-state index contributed by atoms with van der Waals surface area (Å²) in [7, 11) is 0. The Kier molecular flexibility index (Phi) is 7.44. The molecule has 3 amide bonds. The molecule has 1 atom stereocenters. The highest BCUT2D eigenvalue weighted by Gasteiger charge is 2.27. The molecule has 0 spiro atoms. The number of carbonyl (C=O) groups excluding carboxylic acids is 2. The SMILES string of the molecule is CCNC(=O)NC(=O)C(Sc1nnc(-c2ccoc2C)n1Cc1ccccc1)c1ccccc1. The van der Waals surface area contributed by atoms with Crippen molar-refractivity contribution in [2.45, 2.75) is 30.8 Å². The summed E-state index contributed by atoms with van der Waals surface area (Å²) in [5, 5.41) is 13.7. The van der Waals surface area contributed by atoms with Crippen molar-refractivity contribution in [3.05, 3.63) is 89.9 Å². The number of thioether (sulfide) groups is 1. The highest BCUT2D eigenvalue weighted by Crippen LogP contribution is 2.37. The predicted octanol–water partition coefficient (Wildman–Crippen LogP) is 4.57. The Bertz CT molecular complexity index is 1250. The first-order valence-electron chi connectivity index (χ1n) is 10.9. The van der Waals surface area contributed by atoms with Crippen LogP contribution in [0.25, 0.3) is 11.4 Å². The molecule has 0 bridgehead atoms. The molecule has 2 N–H and O–H groups in total. The van der Waals surface area contributed by atoms with E-state index in [0.717, 1.165) is 22.5 Å². The molecular weight excluding hydrogens is 450 g/mol. The van der Waals surface area contributed by atoms with Gasteiger partial charge in [0.25, 0.3) is 0 Å². The molecule has 0 saturated heterocycles. The van der Waals surface area contributed by atoms with Gasteiger partial charge in [-0.2, -0.15) is 0 Å². The second-order valence-corrected chi connectivity index (χ2v) is 8.60. The molecule has 0 aliphatic rings. The summed E-state index contributed by atoms with van der Waals surface area (Å²) >= 11 is 1.25. The molecule has 2 aromatic carbocycles. The van der Waals surface area contributed by atoms with Gasteiger partial charge in [0, 0.05) is 6.54 Å². The summed E-state index contributed by atoms with van der Waals surface area (Å²) in [6, 6.07) is 20.6. The maximum absolute atomic E-state index is 13.1. The van der Waals surface area contributed by atoms with Gasteiger partial charge in [0.05, 0.1) is 18.4 Å². The molecular formula is C25H25N5O3S. The Morgan fingerprint density at radius 3 is 2.38 bits per heavy atom. The fourth-order valence-electron chi connectivity index (χ4n) is 3.49. The molecule has 0 fully saturated rings. The van der Waals surface area contributed by atoms with Crippen LogP contribution in [-0.2, 0) is 11.3 Å². The van der Waals surface area contributed by atoms with E-state index >= 15 is 0 Å². The lowest BCUT2D eigenvalue weighted by atomic mass is 10.1. The molecule has 4 rings (SSSR count). The van der Waals surface area contributed by atoms with Crippen LogP contribution in [0.4, 0.5) is 4.79 Å². The molecule has 8 nitrogen and oxygen atoms in total. The Hall–Kier alpha value is -3.85. The normalized spacial score (nSPS) is 11.7. The summed E-state index contributed by atoms with van der Waals surface area (Å²) in [6.07, 6.45) is 1.62. The van der Waals surface area contributed by atoms with Crippen LogP contribution in [0.5, 0.6) is 0 Å². The maximum Gasteiger partial charge on any atom is 0.321 e. The second kappa shape index (κ2) is 10.8. The van der Waals surface area contributed by atoms with Gasteiger partial charge in [-0.15, -0.1) is 10.2 Å². The van der Waals surface area contributed by atoms with E-state index in [0.29, 0.717) is 24.1 Å². The minimum absolute atomic E-state index is 0.418. The van der Waals surface area contributed by atoms with E-state index in [1.165, 1.54) is 11.8 Å². The fraction of sp³-hybridized carbons (Fsp3) is 0.200. The van der Waals surface area contributed by atoms with Gasteiger partial charge >= 0.3 is 6.03 Å². The molecule has 0 aliphatic heterocycles. The number of rotatable bonds is 8. The number of nitrogens with one attached hydrogen (secondary N) is 2. The maximum atomic E-state index is 13.1. The number of benzene rings is 2. The average Bonchev–Trinajstić information content (AvgIpc) is 3.44. The highest BCUT2D eigenvalue weighted by molar-refractivity contribution is 8.00. The van der Waals surface area contributed by atoms with Crippen LogP contribution in [-0.4, -0.2) is 33.2 Å². The van der Waals surface area contributed by atoms with E-state index < -0.39 is 17.2 Å². The average molecular weight is 476 g/mol. The van der Waals surface area contributed by atoms with E-state index in [1.807, 2.05) is 78.2 Å². The van der Waals surface area contributed by atoms with Crippen LogP contribution in [0.15, 0.2) is 82.6 Å². The molecule has 0 saturated carbocycles. The minimum atomic E-state index is -0.708. The predicted molar refractivity (Wildman–Crippen MR) is 130 cm³/mol. The van der Waals surface area contributed by atoms with Gasteiger partial charge in [0.1, 0.15) is 11.0 Å². The Morgan fingerprint density at radius 1 is 1.03 bits per heavy atom. The summed E-state index contributed by atoms with van der Waals surface area (Å²) in [5.41, 5.74) is 2.65. The van der Waals surface area contributed by atoms with E-state index in [-0.39, 0.29) is 0 Å². The molecule has 34 heavy (non-hydrogen) atoms. The topological polar surface area (TPSA) is 102 Å². The zero-order chi connectivity index (χ0) is 23.9. The molecule has 0 aliphatic carbocycles. The first-order chi connectivity index (χ1) is 16.6. The summed E-state index contributed by atoms with van der Waals surface area (Å²) in [4.78, 5) is 25.2. The fourth-order valence-corrected chi connectivity index (χ4v) is 4.53. The Labute approximate surface area is 201 Å². The first-order valence-corrected chi connectivity index (χ1v) is 11.8. The third-order valence-corrected chi connectivity index (χ3v) is 6.37. The van der Waals surface area contributed by atoms with Crippen molar-refractivity contribution < 1.29 is 14.0 Å². The molecule has 174 valence electrons. The van der Waals surface area contributed by atoms with Crippen molar-refractivity contribution in [1.29, 1.82) is 0 Å². The van der Waals surface area contributed by atoms with E-state index in [2.05, 4.69) is 20.8 Å². The quantitative estimate of drug-likeness (QED) is 0.362. The summed E-state index contributed by atoms with van der Waals surface area (Å²) in [5.74, 6) is 0.942. The van der Waals surface area contributed by atoms with Crippen LogP contribution in [0, 0.1) is 6.92 Å². The zero-order valence-corrected chi connectivity index (χ0v) is 19.7. The molecule has 0 radical (unpaired) electrons. The number of aromatic nitrogens is 3.